The fourth-order valence-electron chi connectivity index (χ4n) is 7.13. The van der Waals surface area contributed by atoms with Crippen molar-refractivity contribution in [2.75, 3.05) is 20.1 Å². The molecule has 3 aliphatic carbocycles. The number of aromatic hydroxyl groups is 1. The number of piperidine rings is 1. The third kappa shape index (κ3) is 1.60. The second-order valence-corrected chi connectivity index (χ2v) is 9.79. The van der Waals surface area contributed by atoms with Crippen molar-refractivity contribution in [1.82, 2.24) is 0 Å². The summed E-state index contributed by atoms with van der Waals surface area (Å²) in [5.74, 6) is 1.46. The van der Waals surface area contributed by atoms with Gasteiger partial charge in [-0.3, -0.25) is 0 Å². The standard InChI is InChI=1S/C21H27NO4/c1-22(11-12-2-3-12)9-8-20-17-13-4-5-14(23)18(17)26-19(20)15(24)6-7-21(20,25)16(22)10-13/h4-5,12,15-16,19,24-25H,2-3,6-11H2,1H3/p+1/t15?,16-,19+,20+,21-,22?/m1/s1. The largest absolute Gasteiger partial charge is 0.504 e. The van der Waals surface area contributed by atoms with Crippen molar-refractivity contribution in [3.8, 4) is 11.5 Å². The Kier molecular flexibility index (Phi) is 2.76. The lowest BCUT2D eigenvalue weighted by Crippen LogP contribution is -2.81. The second kappa shape index (κ2) is 4.57. The highest BCUT2D eigenvalue weighted by Gasteiger charge is 2.76. The Morgan fingerprint density at radius 3 is 2.81 bits per heavy atom. The maximum atomic E-state index is 12.2. The molecular formula is C21H28NO4+. The summed E-state index contributed by atoms with van der Waals surface area (Å²) in [5, 5.41) is 33.4. The highest BCUT2D eigenvalue weighted by molar-refractivity contribution is 5.62. The van der Waals surface area contributed by atoms with Gasteiger partial charge < -0.3 is 24.5 Å². The van der Waals surface area contributed by atoms with Crippen LogP contribution in [0, 0.1) is 5.92 Å². The molecule has 3 fully saturated rings. The van der Waals surface area contributed by atoms with E-state index in [2.05, 4.69) is 7.05 Å². The highest BCUT2D eigenvalue weighted by Crippen LogP contribution is 2.66. The first-order valence-corrected chi connectivity index (χ1v) is 10.2. The van der Waals surface area contributed by atoms with E-state index in [0.717, 1.165) is 41.9 Å². The third-order valence-corrected chi connectivity index (χ3v) is 8.45. The molecule has 0 radical (unpaired) electrons. The number of phenolic OH excluding ortho intramolecular Hbond substituents is 1. The van der Waals surface area contributed by atoms with Crippen LogP contribution < -0.4 is 4.74 Å². The van der Waals surface area contributed by atoms with E-state index < -0.39 is 23.2 Å². The van der Waals surface area contributed by atoms with E-state index in [1.165, 1.54) is 18.4 Å². The molecule has 1 aromatic rings. The SMILES string of the molecule is C[N+]1(CC2CC2)CC[C@]23c4c5ccc(O)c4O[C@H]2C(O)CC[C@@]3(O)[C@H]1C5. The Morgan fingerprint density at radius 2 is 2.04 bits per heavy atom. The number of rotatable bonds is 2. The summed E-state index contributed by atoms with van der Waals surface area (Å²) < 4.78 is 7.11. The minimum absolute atomic E-state index is 0.137. The lowest BCUT2D eigenvalue weighted by molar-refractivity contribution is -0.950. The summed E-state index contributed by atoms with van der Waals surface area (Å²) in [5.41, 5.74) is 0.755. The fraction of sp³-hybridized carbons (Fsp3) is 0.714. The van der Waals surface area contributed by atoms with Gasteiger partial charge in [0.15, 0.2) is 11.5 Å². The first kappa shape index (κ1) is 15.7. The average molecular weight is 358 g/mol. The molecule has 2 saturated carbocycles. The number of ether oxygens (including phenoxy) is 1. The van der Waals surface area contributed by atoms with Crippen LogP contribution in [0.5, 0.6) is 11.5 Å². The van der Waals surface area contributed by atoms with Crippen molar-refractivity contribution in [2.45, 2.75) is 67.8 Å². The Balaban J connectivity index is 1.59. The van der Waals surface area contributed by atoms with Crippen molar-refractivity contribution in [3.63, 3.8) is 0 Å². The minimum atomic E-state index is -0.870. The summed E-state index contributed by atoms with van der Waals surface area (Å²) in [6.45, 7) is 2.15. The normalized spacial score (nSPS) is 48.0. The monoisotopic (exact) mass is 358 g/mol. The lowest BCUT2D eigenvalue weighted by Gasteiger charge is -2.65. The molecule has 6 rings (SSSR count). The van der Waals surface area contributed by atoms with Gasteiger partial charge in [0, 0.05) is 24.3 Å². The number of likely N-dealkylation sites (N-methyl/N-ethyl adjacent to an activating group) is 1. The topological polar surface area (TPSA) is 69.9 Å². The molecule has 0 aromatic heterocycles. The van der Waals surface area contributed by atoms with E-state index in [0.29, 0.717) is 18.6 Å². The highest BCUT2D eigenvalue weighted by atomic mass is 16.5. The van der Waals surface area contributed by atoms with Gasteiger partial charge in [-0.25, -0.2) is 0 Å². The van der Waals surface area contributed by atoms with Crippen LogP contribution >= 0.6 is 0 Å². The Hall–Kier alpha value is -1.30. The molecule has 140 valence electrons. The maximum Gasteiger partial charge on any atom is 0.165 e. The molecule has 3 N–H and O–H groups in total. The Morgan fingerprint density at radius 1 is 1.23 bits per heavy atom. The van der Waals surface area contributed by atoms with E-state index in [9.17, 15) is 15.3 Å². The Labute approximate surface area is 153 Å². The van der Waals surface area contributed by atoms with Crippen molar-refractivity contribution >= 4 is 0 Å². The molecule has 2 unspecified atom stereocenters. The van der Waals surface area contributed by atoms with Gasteiger partial charge in [-0.2, -0.15) is 0 Å². The number of phenols is 1. The number of hydrogen-bond acceptors (Lipinski definition) is 4. The summed E-state index contributed by atoms with van der Waals surface area (Å²) in [6.07, 6.45) is 4.44. The molecule has 5 heteroatoms. The zero-order valence-corrected chi connectivity index (χ0v) is 15.3. The molecule has 5 aliphatic rings. The van der Waals surface area contributed by atoms with E-state index in [1.807, 2.05) is 6.07 Å². The van der Waals surface area contributed by atoms with E-state index in [4.69, 9.17) is 4.74 Å². The van der Waals surface area contributed by atoms with Crippen LogP contribution in [0.1, 0.15) is 43.2 Å². The summed E-state index contributed by atoms with van der Waals surface area (Å²) >= 11 is 0. The predicted octanol–water partition coefficient (Wildman–Crippen LogP) is 1.46. The molecule has 6 atom stereocenters. The maximum absolute atomic E-state index is 12.2. The van der Waals surface area contributed by atoms with Gasteiger partial charge >= 0.3 is 0 Å². The van der Waals surface area contributed by atoms with Crippen LogP contribution in [0.2, 0.25) is 0 Å². The van der Waals surface area contributed by atoms with Crippen molar-refractivity contribution in [1.29, 1.82) is 0 Å². The summed E-state index contributed by atoms with van der Waals surface area (Å²) in [4.78, 5) is 0. The molecule has 1 aromatic carbocycles. The molecule has 1 saturated heterocycles. The average Bonchev–Trinajstić information content (AvgIpc) is 3.32. The van der Waals surface area contributed by atoms with Crippen LogP contribution in [-0.2, 0) is 11.8 Å². The molecule has 1 spiro atoms. The Bertz CT molecular complexity index is 807. The van der Waals surface area contributed by atoms with E-state index in [1.54, 1.807) is 6.07 Å². The number of hydrogen-bond donors (Lipinski definition) is 3. The first-order chi connectivity index (χ1) is 12.4. The fourth-order valence-corrected chi connectivity index (χ4v) is 7.13. The molecule has 26 heavy (non-hydrogen) atoms. The van der Waals surface area contributed by atoms with Crippen LogP contribution in [0.25, 0.3) is 0 Å². The van der Waals surface area contributed by atoms with Gasteiger partial charge in [0.2, 0.25) is 0 Å². The number of aliphatic hydroxyl groups is 2. The number of benzene rings is 1. The predicted molar refractivity (Wildman–Crippen MR) is 95.1 cm³/mol. The quantitative estimate of drug-likeness (QED) is 0.700. The first-order valence-electron chi connectivity index (χ1n) is 10.2. The van der Waals surface area contributed by atoms with Gasteiger partial charge in [0.25, 0.3) is 0 Å². The van der Waals surface area contributed by atoms with Crippen LogP contribution in [0.15, 0.2) is 12.1 Å². The van der Waals surface area contributed by atoms with Crippen molar-refractivity contribution < 1.29 is 24.5 Å². The molecule has 5 nitrogen and oxygen atoms in total. The van der Waals surface area contributed by atoms with Crippen molar-refractivity contribution in [2.24, 2.45) is 5.92 Å². The number of nitrogens with zero attached hydrogens (tertiary/aromatic N) is 1. The van der Waals surface area contributed by atoms with Crippen LogP contribution in [-0.4, -0.2) is 63.8 Å². The van der Waals surface area contributed by atoms with Gasteiger partial charge in [0.1, 0.15) is 17.7 Å². The van der Waals surface area contributed by atoms with Gasteiger partial charge in [-0.15, -0.1) is 0 Å². The molecule has 2 heterocycles. The lowest BCUT2D eigenvalue weighted by atomic mass is 9.48. The van der Waals surface area contributed by atoms with E-state index >= 15 is 0 Å². The zero-order chi connectivity index (χ0) is 17.9. The molecule has 2 aliphatic heterocycles. The van der Waals surface area contributed by atoms with Gasteiger partial charge in [-0.1, -0.05) is 6.07 Å². The summed E-state index contributed by atoms with van der Waals surface area (Å²) in [6, 6.07) is 3.88. The second-order valence-electron chi connectivity index (χ2n) is 9.79. The van der Waals surface area contributed by atoms with Crippen molar-refractivity contribution in [3.05, 3.63) is 23.3 Å². The molecule has 0 amide bonds. The third-order valence-electron chi connectivity index (χ3n) is 8.45. The summed E-state index contributed by atoms with van der Waals surface area (Å²) in [7, 11) is 2.33. The number of aliphatic hydroxyl groups excluding tert-OH is 1. The van der Waals surface area contributed by atoms with Gasteiger partial charge in [0.05, 0.1) is 31.7 Å². The molecule has 2 bridgehead atoms. The minimum Gasteiger partial charge on any atom is -0.504 e. The van der Waals surface area contributed by atoms with Gasteiger partial charge in [-0.05, 0) is 37.3 Å². The molecular weight excluding hydrogens is 330 g/mol. The number of likely N-dealkylation sites (tertiary alicyclic amines) is 1. The number of quaternary nitrogens is 1. The van der Waals surface area contributed by atoms with E-state index in [-0.39, 0.29) is 11.8 Å². The van der Waals surface area contributed by atoms with Crippen LogP contribution in [0.4, 0.5) is 0 Å². The zero-order valence-electron chi connectivity index (χ0n) is 15.3. The smallest absolute Gasteiger partial charge is 0.165 e. The van der Waals surface area contributed by atoms with Crippen LogP contribution in [0.3, 0.4) is 0 Å².